The van der Waals surface area contributed by atoms with E-state index in [1.54, 1.807) is 13.0 Å². The molecule has 0 aliphatic carbocycles. The number of hydrogen-bond acceptors (Lipinski definition) is 3. The fourth-order valence-corrected chi connectivity index (χ4v) is 1.35. The van der Waals surface area contributed by atoms with Crippen molar-refractivity contribution in [3.8, 4) is 0 Å². The highest BCUT2D eigenvalue weighted by Gasteiger charge is 2.15. The van der Waals surface area contributed by atoms with Crippen LogP contribution < -0.4 is 0 Å². The van der Waals surface area contributed by atoms with E-state index in [1.807, 2.05) is 36.4 Å². The number of carbonyl (C=O) groups is 1. The Hall–Kier alpha value is -1.87. The van der Waals surface area contributed by atoms with Crippen molar-refractivity contribution in [2.75, 3.05) is 6.61 Å². The Bertz CT molecular complexity index is 421. The van der Waals surface area contributed by atoms with E-state index in [0.29, 0.717) is 6.42 Å². The lowest BCUT2D eigenvalue weighted by atomic mass is 10.1. The summed E-state index contributed by atoms with van der Waals surface area (Å²) in [6.07, 6.45) is 3.24. The quantitative estimate of drug-likeness (QED) is 0.620. The smallest absolute Gasteiger partial charge is 0.336 e. The van der Waals surface area contributed by atoms with Crippen LogP contribution in [-0.4, -0.2) is 23.8 Å². The van der Waals surface area contributed by atoms with Gasteiger partial charge in [-0.05, 0) is 18.1 Å². The van der Waals surface area contributed by atoms with E-state index in [9.17, 15) is 9.90 Å². The first-order valence-electron chi connectivity index (χ1n) is 5.90. The fourth-order valence-electron chi connectivity index (χ4n) is 1.35. The highest BCUT2D eigenvalue weighted by atomic mass is 16.5. The molecule has 0 aromatic heterocycles. The molecule has 96 valence electrons. The lowest BCUT2D eigenvalue weighted by Gasteiger charge is -2.09. The van der Waals surface area contributed by atoms with E-state index in [1.165, 1.54) is 0 Å². The first kappa shape index (κ1) is 14.2. The molecule has 0 saturated carbocycles. The minimum Gasteiger partial charge on any atom is -0.458 e. The molecule has 0 radical (unpaired) electrons. The van der Waals surface area contributed by atoms with Crippen LogP contribution in [0, 0.1) is 0 Å². The first-order valence-corrected chi connectivity index (χ1v) is 5.90. The number of benzene rings is 1. The van der Waals surface area contributed by atoms with Crippen LogP contribution in [0.4, 0.5) is 0 Å². The number of aliphatic hydroxyl groups is 1. The van der Waals surface area contributed by atoms with E-state index in [4.69, 9.17) is 4.74 Å². The Labute approximate surface area is 107 Å². The molecule has 0 fully saturated rings. The fraction of sp³-hybridized carbons (Fsp3) is 0.267. The molecular weight excluding hydrogens is 228 g/mol. The minimum absolute atomic E-state index is 0.102. The first-order chi connectivity index (χ1) is 8.65. The van der Waals surface area contributed by atoms with Gasteiger partial charge in [0.25, 0.3) is 0 Å². The predicted molar refractivity (Wildman–Crippen MR) is 71.9 cm³/mol. The van der Waals surface area contributed by atoms with Crippen molar-refractivity contribution < 1.29 is 14.6 Å². The van der Waals surface area contributed by atoms with Crippen molar-refractivity contribution in [1.29, 1.82) is 0 Å². The standard InChI is InChI=1S/C15H18O3/c1-3-14(16)12(2)15(17)18-11-7-10-13-8-5-4-6-9-13/h4-10,14,16H,2-3,11H2,1H3/b10-7+. The molecule has 0 heterocycles. The molecule has 1 aromatic rings. The molecular formula is C15H18O3. The summed E-state index contributed by atoms with van der Waals surface area (Å²) in [5.41, 5.74) is 1.14. The van der Waals surface area contributed by atoms with Gasteiger partial charge in [-0.2, -0.15) is 0 Å². The Balaban J connectivity index is 2.36. The van der Waals surface area contributed by atoms with Crippen molar-refractivity contribution in [2.24, 2.45) is 0 Å². The zero-order valence-corrected chi connectivity index (χ0v) is 10.5. The van der Waals surface area contributed by atoms with Crippen LogP contribution in [-0.2, 0) is 9.53 Å². The van der Waals surface area contributed by atoms with Crippen LogP contribution >= 0.6 is 0 Å². The van der Waals surface area contributed by atoms with Crippen molar-refractivity contribution in [1.82, 2.24) is 0 Å². The molecule has 1 N–H and O–H groups in total. The molecule has 1 aromatic carbocycles. The number of rotatable bonds is 6. The van der Waals surface area contributed by atoms with Gasteiger partial charge in [-0.1, -0.05) is 49.9 Å². The molecule has 0 bridgehead atoms. The van der Waals surface area contributed by atoms with E-state index in [0.717, 1.165) is 5.56 Å². The zero-order chi connectivity index (χ0) is 13.4. The minimum atomic E-state index is -0.824. The Morgan fingerprint density at radius 1 is 1.44 bits per heavy atom. The summed E-state index contributed by atoms with van der Waals surface area (Å²) in [5, 5.41) is 9.41. The van der Waals surface area contributed by atoms with E-state index in [-0.39, 0.29) is 12.2 Å². The van der Waals surface area contributed by atoms with Gasteiger partial charge >= 0.3 is 5.97 Å². The number of ether oxygens (including phenoxy) is 1. The zero-order valence-electron chi connectivity index (χ0n) is 10.5. The molecule has 0 aliphatic heterocycles. The van der Waals surface area contributed by atoms with Crippen molar-refractivity contribution in [2.45, 2.75) is 19.4 Å². The second kappa shape index (κ2) is 7.45. The van der Waals surface area contributed by atoms with Gasteiger partial charge in [0.1, 0.15) is 6.61 Å². The normalized spacial score (nSPS) is 12.3. The Kier molecular flexibility index (Phi) is 5.88. The van der Waals surface area contributed by atoms with Gasteiger partial charge in [0.15, 0.2) is 0 Å². The summed E-state index contributed by atoms with van der Waals surface area (Å²) in [4.78, 5) is 11.4. The molecule has 0 spiro atoms. The van der Waals surface area contributed by atoms with Gasteiger partial charge in [0.05, 0.1) is 11.7 Å². The van der Waals surface area contributed by atoms with Gasteiger partial charge in [-0.15, -0.1) is 0 Å². The summed E-state index contributed by atoms with van der Waals surface area (Å²) >= 11 is 0. The molecule has 0 amide bonds. The van der Waals surface area contributed by atoms with Gasteiger partial charge in [0, 0.05) is 0 Å². The largest absolute Gasteiger partial charge is 0.458 e. The second-order valence-corrected chi connectivity index (χ2v) is 3.86. The van der Waals surface area contributed by atoms with E-state index >= 15 is 0 Å². The molecule has 1 unspecified atom stereocenters. The van der Waals surface area contributed by atoms with Gasteiger partial charge < -0.3 is 9.84 Å². The molecule has 18 heavy (non-hydrogen) atoms. The average Bonchev–Trinajstić information content (AvgIpc) is 2.42. The molecule has 3 heteroatoms. The van der Waals surface area contributed by atoms with Crippen molar-refractivity contribution >= 4 is 12.0 Å². The number of esters is 1. The monoisotopic (exact) mass is 246 g/mol. The number of hydrogen-bond donors (Lipinski definition) is 1. The van der Waals surface area contributed by atoms with Crippen molar-refractivity contribution in [3.05, 3.63) is 54.1 Å². The lowest BCUT2D eigenvalue weighted by molar-refractivity contribution is -0.138. The van der Waals surface area contributed by atoms with Gasteiger partial charge in [-0.25, -0.2) is 4.79 Å². The predicted octanol–water partition coefficient (Wildman–Crippen LogP) is 2.57. The van der Waals surface area contributed by atoms with Crippen LogP contribution in [0.25, 0.3) is 6.08 Å². The topological polar surface area (TPSA) is 46.5 Å². The summed E-state index contributed by atoms with van der Waals surface area (Å²) in [6.45, 7) is 5.46. The molecule has 1 atom stereocenters. The average molecular weight is 246 g/mol. The Morgan fingerprint density at radius 2 is 2.11 bits per heavy atom. The summed E-state index contributed by atoms with van der Waals surface area (Å²) in [7, 11) is 0. The van der Waals surface area contributed by atoms with Crippen LogP contribution in [0.5, 0.6) is 0 Å². The third kappa shape index (κ3) is 4.55. The van der Waals surface area contributed by atoms with Crippen molar-refractivity contribution in [3.63, 3.8) is 0 Å². The molecule has 0 aliphatic rings. The highest BCUT2D eigenvalue weighted by molar-refractivity contribution is 5.88. The van der Waals surface area contributed by atoms with Gasteiger partial charge in [0.2, 0.25) is 0 Å². The second-order valence-electron chi connectivity index (χ2n) is 3.86. The van der Waals surface area contributed by atoms with Crippen LogP contribution in [0.15, 0.2) is 48.6 Å². The SMILES string of the molecule is C=C(C(=O)OC/C=C/c1ccccc1)C(O)CC. The number of aliphatic hydroxyl groups excluding tert-OH is 1. The molecule has 0 saturated heterocycles. The maximum atomic E-state index is 11.4. The molecule has 3 nitrogen and oxygen atoms in total. The maximum absolute atomic E-state index is 11.4. The summed E-state index contributed by atoms with van der Waals surface area (Å²) in [5.74, 6) is -0.554. The maximum Gasteiger partial charge on any atom is 0.336 e. The van der Waals surface area contributed by atoms with Crippen LogP contribution in [0.1, 0.15) is 18.9 Å². The number of carbonyl (C=O) groups excluding carboxylic acids is 1. The highest BCUT2D eigenvalue weighted by Crippen LogP contribution is 2.06. The van der Waals surface area contributed by atoms with Crippen LogP contribution in [0.2, 0.25) is 0 Å². The van der Waals surface area contributed by atoms with Crippen LogP contribution in [0.3, 0.4) is 0 Å². The summed E-state index contributed by atoms with van der Waals surface area (Å²) < 4.78 is 4.96. The molecule has 1 rings (SSSR count). The Morgan fingerprint density at radius 3 is 2.72 bits per heavy atom. The van der Waals surface area contributed by atoms with Gasteiger partial charge in [-0.3, -0.25) is 0 Å². The lowest BCUT2D eigenvalue weighted by Crippen LogP contribution is -2.18. The third-order valence-corrected chi connectivity index (χ3v) is 2.47. The third-order valence-electron chi connectivity index (χ3n) is 2.47. The van der Waals surface area contributed by atoms with E-state index in [2.05, 4.69) is 6.58 Å². The summed E-state index contributed by atoms with van der Waals surface area (Å²) in [6, 6.07) is 9.72. The van der Waals surface area contributed by atoms with E-state index < -0.39 is 12.1 Å².